The first kappa shape index (κ1) is 14.6. The van der Waals surface area contributed by atoms with Gasteiger partial charge in [0.2, 0.25) is 0 Å². The molecule has 1 aromatic rings. The Morgan fingerprint density at radius 3 is 2.56 bits per heavy atom. The minimum atomic E-state index is -0.151. The highest BCUT2D eigenvalue weighted by atomic mass is 16.1. The average molecular weight is 245 g/mol. The molecule has 0 saturated carbocycles. The van der Waals surface area contributed by atoms with Gasteiger partial charge in [-0.25, -0.2) is 0 Å². The van der Waals surface area contributed by atoms with Crippen LogP contribution in [0.15, 0.2) is 35.3 Å². The monoisotopic (exact) mass is 245 g/mol. The van der Waals surface area contributed by atoms with Gasteiger partial charge >= 0.3 is 0 Å². The molecule has 0 heterocycles. The second kappa shape index (κ2) is 8.62. The van der Waals surface area contributed by atoms with Gasteiger partial charge in [-0.15, -0.1) is 0 Å². The van der Waals surface area contributed by atoms with Crippen molar-refractivity contribution in [2.45, 2.75) is 52.0 Å². The van der Waals surface area contributed by atoms with Crippen molar-refractivity contribution in [3.05, 3.63) is 35.9 Å². The number of nitrogens with zero attached hydrogens (tertiary/aromatic N) is 1. The highest BCUT2D eigenvalue weighted by Gasteiger charge is 2.13. The van der Waals surface area contributed by atoms with Gasteiger partial charge in [-0.1, -0.05) is 63.4 Å². The Morgan fingerprint density at radius 2 is 1.94 bits per heavy atom. The maximum atomic E-state index is 11.8. The van der Waals surface area contributed by atoms with Crippen molar-refractivity contribution in [2.75, 3.05) is 0 Å². The van der Waals surface area contributed by atoms with Crippen LogP contribution in [0.25, 0.3) is 0 Å². The molecule has 0 aromatic heterocycles. The van der Waals surface area contributed by atoms with Gasteiger partial charge in [-0.2, -0.15) is 0 Å². The van der Waals surface area contributed by atoms with Crippen molar-refractivity contribution in [3.63, 3.8) is 0 Å². The van der Waals surface area contributed by atoms with E-state index in [4.69, 9.17) is 0 Å². The first-order valence-corrected chi connectivity index (χ1v) is 6.88. The van der Waals surface area contributed by atoms with Crippen molar-refractivity contribution in [2.24, 2.45) is 4.99 Å². The number of benzene rings is 1. The predicted molar refractivity (Wildman–Crippen MR) is 77.3 cm³/mol. The topological polar surface area (TPSA) is 29.4 Å². The zero-order valence-electron chi connectivity index (χ0n) is 11.4. The SMILES string of the molecule is CCCCC[C@H](N=Cc1ccccc1)C(=O)CC. The first-order chi connectivity index (χ1) is 8.77. The third-order valence-corrected chi connectivity index (χ3v) is 3.00. The van der Waals surface area contributed by atoms with E-state index >= 15 is 0 Å². The zero-order chi connectivity index (χ0) is 13.2. The predicted octanol–water partition coefficient (Wildman–Crippen LogP) is 4.03. The molecule has 0 N–H and O–H groups in total. The van der Waals surface area contributed by atoms with Crippen LogP contribution in [-0.2, 0) is 4.79 Å². The van der Waals surface area contributed by atoms with Crippen molar-refractivity contribution in [1.29, 1.82) is 0 Å². The molecule has 2 nitrogen and oxygen atoms in total. The average Bonchev–Trinajstić information content (AvgIpc) is 2.43. The Morgan fingerprint density at radius 1 is 1.22 bits per heavy atom. The third kappa shape index (κ3) is 5.26. The molecule has 1 rings (SSSR count). The summed E-state index contributed by atoms with van der Waals surface area (Å²) in [6, 6.07) is 9.80. The van der Waals surface area contributed by atoms with E-state index in [1.165, 1.54) is 12.8 Å². The number of aliphatic imine (C=N–C) groups is 1. The zero-order valence-corrected chi connectivity index (χ0v) is 11.4. The number of carbonyl (C=O) groups excluding carboxylic acids is 1. The lowest BCUT2D eigenvalue weighted by molar-refractivity contribution is -0.120. The minimum absolute atomic E-state index is 0.151. The van der Waals surface area contributed by atoms with Gasteiger partial charge in [0.1, 0.15) is 6.04 Å². The van der Waals surface area contributed by atoms with Gasteiger partial charge in [-0.3, -0.25) is 9.79 Å². The van der Waals surface area contributed by atoms with Crippen molar-refractivity contribution in [3.8, 4) is 0 Å². The fourth-order valence-corrected chi connectivity index (χ4v) is 1.86. The smallest absolute Gasteiger partial charge is 0.157 e. The van der Waals surface area contributed by atoms with Crippen LogP contribution in [0.4, 0.5) is 0 Å². The lowest BCUT2D eigenvalue weighted by Crippen LogP contribution is -2.17. The lowest BCUT2D eigenvalue weighted by Gasteiger charge is -2.09. The second-order valence-corrected chi connectivity index (χ2v) is 4.52. The highest BCUT2D eigenvalue weighted by molar-refractivity contribution is 5.87. The van der Waals surface area contributed by atoms with Crippen LogP contribution < -0.4 is 0 Å². The summed E-state index contributed by atoms with van der Waals surface area (Å²) in [5, 5.41) is 0. The maximum Gasteiger partial charge on any atom is 0.157 e. The van der Waals surface area contributed by atoms with E-state index in [0.717, 1.165) is 18.4 Å². The summed E-state index contributed by atoms with van der Waals surface area (Å²) in [4.78, 5) is 16.3. The number of carbonyl (C=O) groups is 1. The summed E-state index contributed by atoms with van der Waals surface area (Å²) in [6.07, 6.45) is 6.71. The van der Waals surface area contributed by atoms with Gasteiger partial charge < -0.3 is 0 Å². The largest absolute Gasteiger partial charge is 0.297 e. The van der Waals surface area contributed by atoms with Gasteiger partial charge in [0.15, 0.2) is 5.78 Å². The molecular formula is C16H23NO. The van der Waals surface area contributed by atoms with Crippen LogP contribution in [0.3, 0.4) is 0 Å². The Labute approximate surface area is 110 Å². The normalized spacial score (nSPS) is 12.8. The van der Waals surface area contributed by atoms with Crippen LogP contribution >= 0.6 is 0 Å². The first-order valence-electron chi connectivity index (χ1n) is 6.88. The van der Waals surface area contributed by atoms with Gasteiger partial charge in [-0.05, 0) is 12.0 Å². The van der Waals surface area contributed by atoms with E-state index in [9.17, 15) is 4.79 Å². The van der Waals surface area contributed by atoms with E-state index in [1.807, 2.05) is 43.5 Å². The van der Waals surface area contributed by atoms with Crippen LogP contribution in [0.2, 0.25) is 0 Å². The number of unbranched alkanes of at least 4 members (excludes halogenated alkanes) is 2. The summed E-state index contributed by atoms with van der Waals surface area (Å²) < 4.78 is 0. The molecule has 0 aliphatic heterocycles. The summed E-state index contributed by atoms with van der Waals surface area (Å²) in [6.45, 7) is 4.08. The summed E-state index contributed by atoms with van der Waals surface area (Å²) in [7, 11) is 0. The van der Waals surface area contributed by atoms with E-state index in [0.29, 0.717) is 6.42 Å². The molecule has 2 heteroatoms. The molecule has 0 unspecified atom stereocenters. The molecule has 1 aromatic carbocycles. The van der Waals surface area contributed by atoms with Crippen molar-refractivity contribution in [1.82, 2.24) is 0 Å². The quantitative estimate of drug-likeness (QED) is 0.502. The fraction of sp³-hybridized carbons (Fsp3) is 0.500. The highest BCUT2D eigenvalue weighted by Crippen LogP contribution is 2.10. The molecule has 1 atom stereocenters. The molecule has 0 aliphatic carbocycles. The molecular weight excluding hydrogens is 222 g/mol. The summed E-state index contributed by atoms with van der Waals surface area (Å²) in [5.41, 5.74) is 1.06. The molecule has 0 bridgehead atoms. The van der Waals surface area contributed by atoms with E-state index < -0.39 is 0 Å². The summed E-state index contributed by atoms with van der Waals surface area (Å²) >= 11 is 0. The van der Waals surface area contributed by atoms with Gasteiger partial charge in [0.05, 0.1) is 0 Å². The molecule has 0 fully saturated rings. The minimum Gasteiger partial charge on any atom is -0.297 e. The van der Waals surface area contributed by atoms with Crippen LogP contribution in [0, 0.1) is 0 Å². The molecule has 0 amide bonds. The Kier molecular flexibility index (Phi) is 7.00. The van der Waals surface area contributed by atoms with E-state index in [2.05, 4.69) is 11.9 Å². The molecule has 0 saturated heterocycles. The molecule has 0 radical (unpaired) electrons. The molecule has 98 valence electrons. The fourth-order valence-electron chi connectivity index (χ4n) is 1.86. The van der Waals surface area contributed by atoms with Crippen molar-refractivity contribution >= 4 is 12.0 Å². The number of ketones is 1. The second-order valence-electron chi connectivity index (χ2n) is 4.52. The number of hydrogen-bond acceptors (Lipinski definition) is 2. The van der Waals surface area contributed by atoms with Crippen molar-refractivity contribution < 1.29 is 4.79 Å². The maximum absolute atomic E-state index is 11.8. The van der Waals surface area contributed by atoms with Crippen LogP contribution in [-0.4, -0.2) is 18.0 Å². The Balaban J connectivity index is 2.60. The number of rotatable bonds is 8. The van der Waals surface area contributed by atoms with E-state index in [-0.39, 0.29) is 11.8 Å². The van der Waals surface area contributed by atoms with E-state index in [1.54, 1.807) is 0 Å². The summed E-state index contributed by atoms with van der Waals surface area (Å²) in [5.74, 6) is 0.248. The molecule has 0 aliphatic rings. The Hall–Kier alpha value is -1.44. The molecule has 18 heavy (non-hydrogen) atoms. The van der Waals surface area contributed by atoms with Gasteiger partial charge in [0.25, 0.3) is 0 Å². The van der Waals surface area contributed by atoms with Gasteiger partial charge in [0, 0.05) is 12.6 Å². The molecule has 0 spiro atoms. The lowest BCUT2D eigenvalue weighted by atomic mass is 10.0. The van der Waals surface area contributed by atoms with Crippen LogP contribution in [0.1, 0.15) is 51.5 Å². The number of Topliss-reactive ketones (excluding diaryl/α,β-unsaturated/α-hetero) is 1. The van der Waals surface area contributed by atoms with Crippen LogP contribution in [0.5, 0.6) is 0 Å². The Bertz CT molecular complexity index is 370. The number of hydrogen-bond donors (Lipinski definition) is 0. The third-order valence-electron chi connectivity index (χ3n) is 3.00. The standard InChI is InChI=1S/C16H23NO/c1-3-5-7-12-15(16(18)4-2)17-13-14-10-8-6-9-11-14/h6,8-11,13,15H,3-5,7,12H2,1-2H3/t15-/m0/s1.